The third-order valence-electron chi connectivity index (χ3n) is 2.66. The maximum atomic E-state index is 12.1. The summed E-state index contributed by atoms with van der Waals surface area (Å²) >= 11 is 5.01. The minimum atomic E-state index is -0.0883. The summed E-state index contributed by atoms with van der Waals surface area (Å²) in [6.07, 6.45) is 2.77. The summed E-state index contributed by atoms with van der Waals surface area (Å²) in [4.78, 5) is 13.3. The fourth-order valence-electron chi connectivity index (χ4n) is 1.85. The number of amides is 1. The lowest BCUT2D eigenvalue weighted by Gasteiger charge is -2.07. The Morgan fingerprint density at radius 3 is 2.95 bits per heavy atom. The Bertz CT molecular complexity index is 576. The van der Waals surface area contributed by atoms with Gasteiger partial charge in [0.2, 0.25) is 0 Å². The van der Waals surface area contributed by atoms with Crippen molar-refractivity contribution in [3.63, 3.8) is 0 Å². The van der Waals surface area contributed by atoms with Gasteiger partial charge in [-0.15, -0.1) is 11.3 Å². The van der Waals surface area contributed by atoms with Crippen molar-refractivity contribution in [2.75, 3.05) is 5.73 Å². The summed E-state index contributed by atoms with van der Waals surface area (Å²) in [6, 6.07) is 3.72. The fraction of sp³-hybridized carbons (Fsp3) is 0.308. The molecule has 0 radical (unpaired) electrons. The molecule has 2 aromatic rings. The SMILES string of the molecule is CCCn1cc(N)cc1C(=O)NCc1cc(Br)cs1. The second kappa shape index (κ2) is 6.25. The molecule has 3 N–H and O–H groups in total. The summed E-state index contributed by atoms with van der Waals surface area (Å²) < 4.78 is 2.94. The molecule has 2 rings (SSSR count). The van der Waals surface area contributed by atoms with Gasteiger partial charge in [-0.05, 0) is 34.5 Å². The highest BCUT2D eigenvalue weighted by Crippen LogP contribution is 2.19. The number of nitrogens with one attached hydrogen (secondary N) is 1. The van der Waals surface area contributed by atoms with E-state index < -0.39 is 0 Å². The van der Waals surface area contributed by atoms with Crippen LogP contribution >= 0.6 is 27.3 Å². The Morgan fingerprint density at radius 2 is 2.32 bits per heavy atom. The zero-order chi connectivity index (χ0) is 13.8. The predicted octanol–water partition coefficient (Wildman–Crippen LogP) is 3.23. The molecule has 0 aliphatic rings. The van der Waals surface area contributed by atoms with E-state index in [9.17, 15) is 4.79 Å². The lowest BCUT2D eigenvalue weighted by atomic mass is 10.3. The van der Waals surface area contributed by atoms with E-state index in [1.54, 1.807) is 23.6 Å². The molecule has 2 heterocycles. The van der Waals surface area contributed by atoms with Crippen LogP contribution in [0, 0.1) is 0 Å². The van der Waals surface area contributed by atoms with Gasteiger partial charge < -0.3 is 15.6 Å². The van der Waals surface area contributed by atoms with Crippen LogP contribution in [0.2, 0.25) is 0 Å². The van der Waals surface area contributed by atoms with Gasteiger partial charge in [0.25, 0.3) is 5.91 Å². The van der Waals surface area contributed by atoms with Gasteiger partial charge >= 0.3 is 0 Å². The van der Waals surface area contributed by atoms with Crippen LogP contribution < -0.4 is 11.1 Å². The van der Waals surface area contributed by atoms with E-state index in [1.165, 1.54) is 0 Å². The largest absolute Gasteiger partial charge is 0.397 e. The topological polar surface area (TPSA) is 60.0 Å². The fourth-order valence-corrected chi connectivity index (χ4v) is 3.24. The number of carbonyl (C=O) groups excluding carboxylic acids is 1. The summed E-state index contributed by atoms with van der Waals surface area (Å²) in [5, 5.41) is 4.91. The van der Waals surface area contributed by atoms with Crippen LogP contribution in [0.15, 0.2) is 28.2 Å². The van der Waals surface area contributed by atoms with Crippen molar-refractivity contribution in [3.8, 4) is 0 Å². The van der Waals surface area contributed by atoms with Crippen molar-refractivity contribution in [3.05, 3.63) is 38.8 Å². The first-order valence-corrected chi connectivity index (χ1v) is 7.74. The van der Waals surface area contributed by atoms with Crippen molar-refractivity contribution in [2.45, 2.75) is 26.4 Å². The lowest BCUT2D eigenvalue weighted by molar-refractivity contribution is 0.0942. The number of halogens is 1. The Balaban J connectivity index is 2.03. The highest BCUT2D eigenvalue weighted by Gasteiger charge is 2.12. The van der Waals surface area contributed by atoms with Gasteiger partial charge in [-0.2, -0.15) is 0 Å². The Hall–Kier alpha value is -1.27. The highest BCUT2D eigenvalue weighted by molar-refractivity contribution is 9.10. The molecular weight excluding hydrogens is 326 g/mol. The first kappa shape index (κ1) is 14.1. The Labute approximate surface area is 124 Å². The monoisotopic (exact) mass is 341 g/mol. The molecule has 2 aromatic heterocycles. The number of nitrogen functional groups attached to an aromatic ring is 1. The Kier molecular flexibility index (Phi) is 4.66. The van der Waals surface area contributed by atoms with E-state index in [-0.39, 0.29) is 5.91 Å². The highest BCUT2D eigenvalue weighted by atomic mass is 79.9. The number of anilines is 1. The van der Waals surface area contributed by atoms with Gasteiger partial charge in [0.15, 0.2) is 0 Å². The van der Waals surface area contributed by atoms with Crippen LogP contribution in [0.4, 0.5) is 5.69 Å². The first-order valence-electron chi connectivity index (χ1n) is 6.07. The van der Waals surface area contributed by atoms with E-state index in [4.69, 9.17) is 5.73 Å². The average Bonchev–Trinajstić information content (AvgIpc) is 2.93. The standard InChI is InChI=1S/C13H16BrN3OS/c1-2-3-17-7-10(15)5-12(17)13(18)16-6-11-4-9(14)8-19-11/h4-5,7-8H,2-3,6,15H2,1H3,(H,16,18). The van der Waals surface area contributed by atoms with Crippen LogP contribution in [0.25, 0.3) is 0 Å². The van der Waals surface area contributed by atoms with Gasteiger partial charge in [-0.25, -0.2) is 0 Å². The van der Waals surface area contributed by atoms with Crippen molar-refractivity contribution >= 4 is 38.9 Å². The lowest BCUT2D eigenvalue weighted by Crippen LogP contribution is -2.25. The van der Waals surface area contributed by atoms with E-state index >= 15 is 0 Å². The normalized spacial score (nSPS) is 10.6. The molecule has 0 aliphatic heterocycles. The number of aromatic nitrogens is 1. The number of aryl methyl sites for hydroxylation is 1. The number of hydrogen-bond donors (Lipinski definition) is 2. The van der Waals surface area contributed by atoms with Gasteiger partial charge in [0.1, 0.15) is 5.69 Å². The molecule has 1 amide bonds. The zero-order valence-corrected chi connectivity index (χ0v) is 13.1. The summed E-state index contributed by atoms with van der Waals surface area (Å²) in [7, 11) is 0. The van der Waals surface area contributed by atoms with E-state index in [2.05, 4.69) is 28.2 Å². The van der Waals surface area contributed by atoms with Crippen molar-refractivity contribution in [1.82, 2.24) is 9.88 Å². The molecule has 0 aliphatic carbocycles. The first-order chi connectivity index (χ1) is 9.10. The number of carbonyl (C=O) groups is 1. The van der Waals surface area contributed by atoms with Gasteiger partial charge in [0, 0.05) is 27.5 Å². The molecule has 102 valence electrons. The maximum absolute atomic E-state index is 12.1. The molecule has 0 spiro atoms. The molecule has 0 fully saturated rings. The summed E-state index contributed by atoms with van der Waals surface area (Å²) in [5.41, 5.74) is 7.00. The van der Waals surface area contributed by atoms with Crippen LogP contribution in [-0.4, -0.2) is 10.5 Å². The van der Waals surface area contributed by atoms with E-state index in [0.717, 1.165) is 22.3 Å². The average molecular weight is 342 g/mol. The molecule has 0 atom stereocenters. The quantitative estimate of drug-likeness (QED) is 0.876. The predicted molar refractivity (Wildman–Crippen MR) is 82.3 cm³/mol. The summed E-state index contributed by atoms with van der Waals surface area (Å²) in [5.74, 6) is -0.0883. The number of rotatable bonds is 5. The van der Waals surface area contributed by atoms with Crippen LogP contribution in [0.5, 0.6) is 0 Å². The van der Waals surface area contributed by atoms with Gasteiger partial charge in [-0.1, -0.05) is 6.92 Å². The minimum Gasteiger partial charge on any atom is -0.397 e. The minimum absolute atomic E-state index is 0.0883. The smallest absolute Gasteiger partial charge is 0.268 e. The molecule has 4 nitrogen and oxygen atoms in total. The second-order valence-electron chi connectivity index (χ2n) is 4.27. The molecule has 0 bridgehead atoms. The van der Waals surface area contributed by atoms with Crippen molar-refractivity contribution in [1.29, 1.82) is 0 Å². The molecule has 0 unspecified atom stereocenters. The third-order valence-corrected chi connectivity index (χ3v) is 4.36. The third kappa shape index (κ3) is 3.61. The van der Waals surface area contributed by atoms with Crippen LogP contribution in [0.1, 0.15) is 28.7 Å². The maximum Gasteiger partial charge on any atom is 0.268 e. The molecule has 0 saturated carbocycles. The number of nitrogens with zero attached hydrogens (tertiary/aromatic N) is 1. The second-order valence-corrected chi connectivity index (χ2v) is 6.18. The van der Waals surface area contributed by atoms with Gasteiger partial charge in [-0.3, -0.25) is 4.79 Å². The molecule has 0 aromatic carbocycles. The van der Waals surface area contributed by atoms with E-state index in [0.29, 0.717) is 17.9 Å². The van der Waals surface area contributed by atoms with Crippen LogP contribution in [0.3, 0.4) is 0 Å². The van der Waals surface area contributed by atoms with Gasteiger partial charge in [0.05, 0.1) is 12.2 Å². The van der Waals surface area contributed by atoms with Crippen molar-refractivity contribution in [2.24, 2.45) is 0 Å². The van der Waals surface area contributed by atoms with Crippen LogP contribution in [-0.2, 0) is 13.1 Å². The number of thiophene rings is 1. The molecule has 6 heteroatoms. The summed E-state index contributed by atoms with van der Waals surface area (Å²) in [6.45, 7) is 3.40. The van der Waals surface area contributed by atoms with Crippen molar-refractivity contribution < 1.29 is 4.79 Å². The zero-order valence-electron chi connectivity index (χ0n) is 10.6. The molecule has 0 saturated heterocycles. The molecular formula is C13H16BrN3OS. The number of nitrogens with two attached hydrogens (primary N) is 1. The molecule has 19 heavy (non-hydrogen) atoms. The Morgan fingerprint density at radius 1 is 1.53 bits per heavy atom. The van der Waals surface area contributed by atoms with E-state index in [1.807, 2.05) is 16.0 Å². The number of hydrogen-bond acceptors (Lipinski definition) is 3.